The lowest BCUT2D eigenvalue weighted by Gasteiger charge is -2.30. The fourth-order valence-corrected chi connectivity index (χ4v) is 2.67. The predicted octanol–water partition coefficient (Wildman–Crippen LogP) is 1.48. The van der Waals surface area contributed by atoms with Crippen LogP contribution in [0.5, 0.6) is 0 Å². The van der Waals surface area contributed by atoms with Gasteiger partial charge >= 0.3 is 0 Å². The molecule has 1 aromatic rings. The number of rotatable bonds is 6. The van der Waals surface area contributed by atoms with Crippen LogP contribution in [0, 0.1) is 12.8 Å². The van der Waals surface area contributed by atoms with Gasteiger partial charge in [0.1, 0.15) is 11.5 Å². The second-order valence-corrected chi connectivity index (χ2v) is 6.12. The molecule has 0 aliphatic carbocycles. The van der Waals surface area contributed by atoms with Crippen LogP contribution in [-0.4, -0.2) is 56.0 Å². The third-order valence-corrected chi connectivity index (χ3v) is 3.92. The molecule has 1 aliphatic heterocycles. The minimum absolute atomic E-state index is 0.108. The van der Waals surface area contributed by atoms with Gasteiger partial charge in [0, 0.05) is 19.6 Å². The lowest BCUT2D eigenvalue weighted by Crippen LogP contribution is -2.44. The zero-order valence-corrected chi connectivity index (χ0v) is 13.4. The molecule has 0 aromatic carbocycles. The Morgan fingerprint density at radius 1 is 1.38 bits per heavy atom. The molecule has 1 aromatic heterocycles. The summed E-state index contributed by atoms with van der Waals surface area (Å²) >= 11 is 0. The molecule has 0 saturated carbocycles. The summed E-state index contributed by atoms with van der Waals surface area (Å²) in [7, 11) is 4.06. The Kier molecular flexibility index (Phi) is 5.82. The summed E-state index contributed by atoms with van der Waals surface area (Å²) in [5.41, 5.74) is 0. The van der Waals surface area contributed by atoms with Gasteiger partial charge in [-0.2, -0.15) is 0 Å². The van der Waals surface area contributed by atoms with Crippen molar-refractivity contribution in [3.05, 3.63) is 23.7 Å². The van der Waals surface area contributed by atoms with Gasteiger partial charge in [0.25, 0.3) is 0 Å². The molecule has 2 rings (SSSR count). The monoisotopic (exact) mass is 293 g/mol. The molecule has 1 N–H and O–H groups in total. The maximum absolute atomic E-state index is 12.7. The molecular formula is C16H27N3O2. The van der Waals surface area contributed by atoms with E-state index in [0.717, 1.165) is 50.5 Å². The maximum atomic E-state index is 12.7. The van der Waals surface area contributed by atoms with Crippen molar-refractivity contribution in [3.63, 3.8) is 0 Å². The van der Waals surface area contributed by atoms with Crippen LogP contribution in [0.3, 0.4) is 0 Å². The van der Waals surface area contributed by atoms with Crippen LogP contribution in [0.25, 0.3) is 0 Å². The first-order valence-corrected chi connectivity index (χ1v) is 7.76. The first-order valence-electron chi connectivity index (χ1n) is 7.76. The second kappa shape index (κ2) is 7.61. The van der Waals surface area contributed by atoms with E-state index in [0.29, 0.717) is 6.54 Å². The summed E-state index contributed by atoms with van der Waals surface area (Å²) in [4.78, 5) is 16.8. The molecule has 1 atom stereocenters. The van der Waals surface area contributed by atoms with Gasteiger partial charge in [-0.3, -0.25) is 4.79 Å². The summed E-state index contributed by atoms with van der Waals surface area (Å²) < 4.78 is 5.64. The molecule has 1 amide bonds. The van der Waals surface area contributed by atoms with Crippen molar-refractivity contribution in [2.45, 2.75) is 26.3 Å². The molecule has 2 heterocycles. The Morgan fingerprint density at radius 2 is 2.19 bits per heavy atom. The third-order valence-electron chi connectivity index (χ3n) is 3.92. The molecule has 5 heteroatoms. The molecule has 5 nitrogen and oxygen atoms in total. The fourth-order valence-electron chi connectivity index (χ4n) is 2.67. The number of carbonyl (C=O) groups is 1. The number of nitrogens with one attached hydrogen (secondary N) is 1. The lowest BCUT2D eigenvalue weighted by atomic mass is 9.98. The van der Waals surface area contributed by atoms with Crippen molar-refractivity contribution >= 4 is 5.91 Å². The summed E-state index contributed by atoms with van der Waals surface area (Å²) in [5, 5.41) is 3.32. The first-order chi connectivity index (χ1) is 10.1. The summed E-state index contributed by atoms with van der Waals surface area (Å²) in [6.45, 7) is 5.93. The highest BCUT2D eigenvalue weighted by molar-refractivity contribution is 5.79. The normalized spacial score (nSPS) is 19.0. The predicted molar refractivity (Wildman–Crippen MR) is 83.0 cm³/mol. The van der Waals surface area contributed by atoms with E-state index in [9.17, 15) is 4.79 Å². The number of furan rings is 1. The molecule has 1 aliphatic rings. The van der Waals surface area contributed by atoms with Crippen LogP contribution >= 0.6 is 0 Å². The summed E-state index contributed by atoms with van der Waals surface area (Å²) in [5.74, 6) is 2.11. The summed E-state index contributed by atoms with van der Waals surface area (Å²) in [6, 6.07) is 3.91. The number of aryl methyl sites for hydroxylation is 1. The van der Waals surface area contributed by atoms with Gasteiger partial charge in [-0.1, -0.05) is 0 Å². The van der Waals surface area contributed by atoms with Gasteiger partial charge in [-0.05, 0) is 52.5 Å². The van der Waals surface area contributed by atoms with E-state index in [-0.39, 0.29) is 11.8 Å². The van der Waals surface area contributed by atoms with Crippen LogP contribution in [0.15, 0.2) is 16.5 Å². The van der Waals surface area contributed by atoms with Crippen molar-refractivity contribution in [3.8, 4) is 0 Å². The van der Waals surface area contributed by atoms with Gasteiger partial charge in [0.05, 0.1) is 12.5 Å². The first kappa shape index (κ1) is 16.0. The zero-order chi connectivity index (χ0) is 15.2. The van der Waals surface area contributed by atoms with Crippen LogP contribution < -0.4 is 5.32 Å². The number of nitrogens with zero attached hydrogens (tertiary/aromatic N) is 2. The Bertz CT molecular complexity index is 450. The minimum Gasteiger partial charge on any atom is -0.464 e. The molecule has 118 valence electrons. The zero-order valence-electron chi connectivity index (χ0n) is 13.4. The van der Waals surface area contributed by atoms with Crippen LogP contribution in [0.2, 0.25) is 0 Å². The van der Waals surface area contributed by atoms with Crippen molar-refractivity contribution in [1.29, 1.82) is 0 Å². The second-order valence-electron chi connectivity index (χ2n) is 6.12. The molecule has 0 bridgehead atoms. The summed E-state index contributed by atoms with van der Waals surface area (Å²) in [6.07, 6.45) is 2.07. The topological polar surface area (TPSA) is 48.7 Å². The van der Waals surface area contributed by atoms with Gasteiger partial charge in [-0.25, -0.2) is 0 Å². The quantitative estimate of drug-likeness (QED) is 0.863. The van der Waals surface area contributed by atoms with E-state index in [1.807, 2.05) is 38.1 Å². The van der Waals surface area contributed by atoms with Crippen LogP contribution in [-0.2, 0) is 11.3 Å². The number of amides is 1. The van der Waals surface area contributed by atoms with Crippen LogP contribution in [0.1, 0.15) is 24.4 Å². The standard InChI is InChI=1S/C16H27N3O2/c1-13-6-7-15(21-13)12-19(10-9-18(2)3)16(20)14-5-4-8-17-11-14/h6-7,14,17H,4-5,8-12H2,1-3H3/t14-/m1/s1. The van der Waals surface area contributed by atoms with Gasteiger partial charge in [-0.15, -0.1) is 0 Å². The number of piperidine rings is 1. The molecule has 21 heavy (non-hydrogen) atoms. The van der Waals surface area contributed by atoms with E-state index >= 15 is 0 Å². The van der Waals surface area contributed by atoms with Crippen LogP contribution in [0.4, 0.5) is 0 Å². The Morgan fingerprint density at radius 3 is 2.76 bits per heavy atom. The van der Waals surface area contributed by atoms with Crippen molar-refractivity contribution in [2.75, 3.05) is 40.3 Å². The van der Waals surface area contributed by atoms with Gasteiger partial charge in [0.2, 0.25) is 5.91 Å². The van der Waals surface area contributed by atoms with E-state index in [1.165, 1.54) is 0 Å². The highest BCUT2D eigenvalue weighted by atomic mass is 16.3. The number of hydrogen-bond acceptors (Lipinski definition) is 4. The highest BCUT2D eigenvalue weighted by Crippen LogP contribution is 2.16. The molecule has 0 unspecified atom stereocenters. The number of likely N-dealkylation sites (N-methyl/N-ethyl adjacent to an activating group) is 1. The smallest absolute Gasteiger partial charge is 0.227 e. The fraction of sp³-hybridized carbons (Fsp3) is 0.688. The number of hydrogen-bond donors (Lipinski definition) is 1. The SMILES string of the molecule is Cc1ccc(CN(CCN(C)C)C(=O)[C@@H]2CCCNC2)o1. The Balaban J connectivity index is 2.01. The van der Waals surface area contributed by atoms with E-state index < -0.39 is 0 Å². The maximum Gasteiger partial charge on any atom is 0.227 e. The molecule has 0 spiro atoms. The lowest BCUT2D eigenvalue weighted by molar-refractivity contribution is -0.137. The van der Waals surface area contributed by atoms with E-state index in [1.54, 1.807) is 0 Å². The number of carbonyl (C=O) groups excluding carboxylic acids is 1. The molecule has 1 saturated heterocycles. The minimum atomic E-state index is 0.108. The largest absolute Gasteiger partial charge is 0.464 e. The van der Waals surface area contributed by atoms with Crippen molar-refractivity contribution in [1.82, 2.24) is 15.1 Å². The molecule has 0 radical (unpaired) electrons. The van der Waals surface area contributed by atoms with Gasteiger partial charge < -0.3 is 19.5 Å². The molecule has 1 fully saturated rings. The highest BCUT2D eigenvalue weighted by Gasteiger charge is 2.26. The van der Waals surface area contributed by atoms with Crippen molar-refractivity contribution in [2.24, 2.45) is 5.92 Å². The van der Waals surface area contributed by atoms with E-state index in [2.05, 4.69) is 10.2 Å². The Hall–Kier alpha value is -1.33. The van der Waals surface area contributed by atoms with Gasteiger partial charge in [0.15, 0.2) is 0 Å². The molecular weight excluding hydrogens is 266 g/mol. The van der Waals surface area contributed by atoms with Crippen molar-refractivity contribution < 1.29 is 9.21 Å². The average molecular weight is 293 g/mol. The Labute approximate surface area is 127 Å². The third kappa shape index (κ3) is 4.86. The van der Waals surface area contributed by atoms with E-state index in [4.69, 9.17) is 4.42 Å². The average Bonchev–Trinajstić information content (AvgIpc) is 2.89.